The van der Waals surface area contributed by atoms with Crippen LogP contribution in [0.2, 0.25) is 0 Å². The van der Waals surface area contributed by atoms with Crippen LogP contribution in [0.3, 0.4) is 0 Å². The molecule has 0 aromatic rings. The Morgan fingerprint density at radius 3 is 1.67 bits per heavy atom. The molecule has 0 rings (SSSR count). The van der Waals surface area contributed by atoms with Gasteiger partial charge in [-0.3, -0.25) is 0 Å². The normalized spacial score (nSPS) is 3.17. The van der Waals surface area contributed by atoms with Crippen molar-refractivity contribution in [2.75, 3.05) is 0 Å². The summed E-state index contributed by atoms with van der Waals surface area (Å²) in [6.07, 6.45) is 0. The summed E-state index contributed by atoms with van der Waals surface area (Å²) >= 11 is -1.47. The molecule has 0 aliphatic rings. The Morgan fingerprint density at radius 1 is 1.50 bits per heavy atom. The fraction of sp³-hybridized carbons (Fsp3) is 0. The van der Waals surface area contributed by atoms with Crippen molar-refractivity contribution in [3.05, 3.63) is 0 Å². The summed E-state index contributed by atoms with van der Waals surface area (Å²) < 4.78 is 26.9. The number of hydrogen-bond acceptors (Lipinski definition) is 3. The van der Waals surface area contributed by atoms with Crippen molar-refractivity contribution in [2.45, 2.75) is 0 Å². The van der Waals surface area contributed by atoms with Crippen molar-refractivity contribution >= 4 is 24.4 Å². The maximum atomic E-state index is 9.25. The average Bonchev–Trinajstić information content (AvgIpc) is 1.72. The van der Waals surface area contributed by atoms with Gasteiger partial charge in [0.15, 0.2) is 0 Å². The van der Waals surface area contributed by atoms with Gasteiger partial charge >= 0.3 is 74.1 Å². The summed E-state index contributed by atoms with van der Waals surface area (Å²) in [4.78, 5) is 0. The molecule has 0 unspecified atom stereocenters. The second-order valence-corrected chi connectivity index (χ2v) is 9.08. The van der Waals surface area contributed by atoms with Gasteiger partial charge in [0.2, 0.25) is 0 Å². The van der Waals surface area contributed by atoms with Crippen molar-refractivity contribution in [3.8, 4) is 0 Å². The summed E-state index contributed by atoms with van der Waals surface area (Å²) in [5, 5.41) is 0. The van der Waals surface area contributed by atoms with Crippen LogP contribution < -0.4 is 0 Å². The molecule has 30 valence electrons. The molecule has 0 aromatic carbocycles. The van der Waals surface area contributed by atoms with Gasteiger partial charge in [-0.1, -0.05) is 0 Å². The van der Waals surface area contributed by atoms with E-state index in [9.17, 15) is 4.68 Å². The zero-order chi connectivity index (χ0) is 5.41. The van der Waals surface area contributed by atoms with E-state index in [0.29, 0.717) is 0 Å². The molecule has 0 heterocycles. The topological polar surface area (TPSA) is 51.2 Å². The van der Waals surface area contributed by atoms with Crippen LogP contribution in [0.15, 0.2) is 0 Å². The third-order valence-corrected chi connectivity index (χ3v) is 1.85. The van der Waals surface area contributed by atoms with Crippen molar-refractivity contribution < 1.29 is 49.8 Å². The molecular weight excluding hydrogens is 379 g/mol. The van der Waals surface area contributed by atoms with Crippen LogP contribution in [-0.4, -0.2) is 24.4 Å². The van der Waals surface area contributed by atoms with Crippen LogP contribution >= 0.6 is 0 Å². The van der Waals surface area contributed by atoms with Crippen LogP contribution in [-0.2, 0) is 17.2 Å². The second-order valence-electron chi connectivity index (χ2n) is 0.236. The first-order chi connectivity index (χ1) is 2.91. The second kappa shape index (κ2) is 15.7. The van der Waals surface area contributed by atoms with E-state index in [1.54, 1.807) is 0 Å². The molecular formula is HInO3SmZn. The molecule has 0 radical (unpaired) electrons. The Bertz CT molecular complexity index is 40.1. The molecule has 0 atom stereocenters. The zero-order valence-electron chi connectivity index (χ0n) is 3.05. The van der Waals surface area contributed by atoms with Gasteiger partial charge in [-0.05, 0) is 0 Å². The Balaban J connectivity index is 0. The maximum absolute atomic E-state index is 9.25. The quantitative estimate of drug-likeness (QED) is 0.549. The fourth-order valence-electron chi connectivity index (χ4n) is 0. The van der Waals surface area contributed by atoms with E-state index in [0.717, 1.165) is 0 Å². The van der Waals surface area contributed by atoms with Crippen LogP contribution in [0.5, 0.6) is 0 Å². The first kappa shape index (κ1) is 11.1. The minimum atomic E-state index is -1.53. The van der Waals surface area contributed by atoms with Crippen molar-refractivity contribution in [3.63, 3.8) is 0 Å². The van der Waals surface area contributed by atoms with Gasteiger partial charge in [0.05, 0.1) is 0 Å². The molecule has 0 bridgehead atoms. The van der Waals surface area contributed by atoms with Crippen LogP contribution in [0.4, 0.5) is 0 Å². The van der Waals surface area contributed by atoms with Crippen LogP contribution in [0.1, 0.15) is 0 Å². The molecule has 0 aliphatic heterocycles. The first-order valence-corrected chi connectivity index (χ1v) is 15.8. The molecule has 0 spiro atoms. The Labute approximate surface area is 72.2 Å². The van der Waals surface area contributed by atoms with E-state index in [1.165, 1.54) is 0 Å². The molecule has 3 nitrogen and oxygen atoms in total. The summed E-state index contributed by atoms with van der Waals surface area (Å²) in [6.45, 7) is 0. The standard InChI is InChI=1S/In.3O.Sm.Zn.H. The number of rotatable bonds is 1. The molecule has 0 fully saturated rings. The zero-order valence-corrected chi connectivity index (χ0v) is 12.7. The van der Waals surface area contributed by atoms with E-state index in [-0.39, 0.29) is 24.4 Å². The SMILES string of the molecule is [O]=[InH].[O]=[Zn][Sm]=[O]. The average molecular weight is 380 g/mol. The van der Waals surface area contributed by atoms with Gasteiger partial charge in [-0.2, -0.15) is 0 Å². The monoisotopic (exact) mass is 380 g/mol. The van der Waals surface area contributed by atoms with E-state index in [4.69, 9.17) is 2.85 Å². The third-order valence-electron chi connectivity index (χ3n) is 0.0481. The van der Waals surface area contributed by atoms with Gasteiger partial charge in [-0.25, -0.2) is 0 Å². The van der Waals surface area contributed by atoms with Gasteiger partial charge in [0.25, 0.3) is 0 Å². The van der Waals surface area contributed by atoms with E-state index < -0.39 is 42.2 Å². The van der Waals surface area contributed by atoms with Gasteiger partial charge in [0, 0.05) is 0 Å². The Kier molecular flexibility index (Phi) is 29.0. The van der Waals surface area contributed by atoms with Gasteiger partial charge in [0.1, 0.15) is 0 Å². The van der Waals surface area contributed by atoms with Gasteiger partial charge in [-0.15, -0.1) is 0 Å². The summed E-state index contributed by atoms with van der Waals surface area (Å²) in [6, 6.07) is 0. The van der Waals surface area contributed by atoms with Crippen molar-refractivity contribution in [1.82, 2.24) is 0 Å². The van der Waals surface area contributed by atoms with Crippen LogP contribution in [0.25, 0.3) is 0 Å². The van der Waals surface area contributed by atoms with E-state index in [2.05, 4.69) is 0 Å². The molecule has 0 amide bonds. The predicted octanol–water partition coefficient (Wildman–Crippen LogP) is -1.01. The molecule has 0 saturated heterocycles. The molecule has 0 aliphatic carbocycles. The Morgan fingerprint density at radius 2 is 1.67 bits per heavy atom. The van der Waals surface area contributed by atoms with Crippen molar-refractivity contribution in [2.24, 2.45) is 0 Å². The molecule has 6 heteroatoms. The van der Waals surface area contributed by atoms with Gasteiger partial charge < -0.3 is 0 Å². The predicted molar refractivity (Wildman–Crippen MR) is 9.21 cm³/mol. The number of hydrogen-bond donors (Lipinski definition) is 0. The van der Waals surface area contributed by atoms with Crippen molar-refractivity contribution in [1.29, 1.82) is 0 Å². The Hall–Kier alpha value is 2.23. The third kappa shape index (κ3) is 16.3. The van der Waals surface area contributed by atoms with Crippen LogP contribution in [0, 0.1) is 32.5 Å². The summed E-state index contributed by atoms with van der Waals surface area (Å²) in [5.41, 5.74) is 0. The molecule has 0 aromatic heterocycles. The molecule has 6 heavy (non-hydrogen) atoms. The fourth-order valence-corrected chi connectivity index (χ4v) is 0. The summed E-state index contributed by atoms with van der Waals surface area (Å²) in [7, 11) is -1.53. The van der Waals surface area contributed by atoms with E-state index in [1.807, 2.05) is 0 Å². The minimum absolute atomic E-state index is 0.1000. The molecule has 0 saturated carbocycles. The first-order valence-electron chi connectivity index (χ1n) is 1.03. The summed E-state index contributed by atoms with van der Waals surface area (Å²) in [5.74, 6) is 0. The molecule has 0 N–H and O–H groups in total. The van der Waals surface area contributed by atoms with E-state index >= 15 is 0 Å².